The van der Waals surface area contributed by atoms with Gasteiger partial charge in [0.15, 0.2) is 0 Å². The van der Waals surface area contributed by atoms with Crippen LogP contribution < -0.4 is 4.74 Å². The highest BCUT2D eigenvalue weighted by Crippen LogP contribution is 2.50. The molecule has 0 atom stereocenters. The van der Waals surface area contributed by atoms with E-state index < -0.39 is 11.8 Å². The second-order valence-electron chi connectivity index (χ2n) is 8.72. The van der Waals surface area contributed by atoms with E-state index in [1.807, 2.05) is 19.9 Å². The van der Waals surface area contributed by atoms with Crippen LogP contribution in [-0.2, 0) is 14.9 Å². The number of carbonyl (C=O) groups excluding carboxylic acids is 1. The summed E-state index contributed by atoms with van der Waals surface area (Å²) in [4.78, 5) is 12.0. The first-order valence-electron chi connectivity index (χ1n) is 10.2. The van der Waals surface area contributed by atoms with E-state index in [1.54, 1.807) is 13.8 Å². The minimum atomic E-state index is -0.950. The number of allylic oxidation sites excluding steroid dienone is 3. The number of esters is 1. The molecule has 0 saturated heterocycles. The van der Waals surface area contributed by atoms with E-state index in [0.717, 1.165) is 22.0 Å². The summed E-state index contributed by atoms with van der Waals surface area (Å²) in [6, 6.07) is 1.97. The molecule has 0 amide bonds. The van der Waals surface area contributed by atoms with Gasteiger partial charge in [0.05, 0.1) is 17.2 Å². The van der Waals surface area contributed by atoms with Crippen LogP contribution in [-0.4, -0.2) is 18.7 Å². The molecule has 0 N–H and O–H groups in total. The van der Waals surface area contributed by atoms with Gasteiger partial charge in [0.2, 0.25) is 5.83 Å². The van der Waals surface area contributed by atoms with Gasteiger partial charge in [-0.25, -0.2) is 4.79 Å². The molecule has 1 aromatic carbocycles. The van der Waals surface area contributed by atoms with Gasteiger partial charge in [-0.2, -0.15) is 4.39 Å². The van der Waals surface area contributed by atoms with Gasteiger partial charge in [0.1, 0.15) is 5.75 Å². The largest absolute Gasteiger partial charge is 0.489 e. The summed E-state index contributed by atoms with van der Waals surface area (Å²) in [6.45, 7) is 15.9. The van der Waals surface area contributed by atoms with E-state index in [9.17, 15) is 9.18 Å². The van der Waals surface area contributed by atoms with Gasteiger partial charge in [-0.3, -0.25) is 0 Å². The zero-order valence-corrected chi connectivity index (χ0v) is 20.3. The Morgan fingerprint density at radius 1 is 1.28 bits per heavy atom. The molecule has 2 rings (SSSR count). The lowest BCUT2D eigenvalue weighted by Crippen LogP contribution is -2.24. The molecule has 5 heteroatoms. The number of ether oxygens (including phenoxy) is 2. The van der Waals surface area contributed by atoms with Gasteiger partial charge in [-0.1, -0.05) is 33.8 Å². The van der Waals surface area contributed by atoms with Gasteiger partial charge in [-0.15, -0.1) is 0 Å². The molecule has 1 aliphatic rings. The lowest BCUT2D eigenvalue weighted by Gasteiger charge is -2.36. The summed E-state index contributed by atoms with van der Waals surface area (Å²) < 4.78 is 26.7. The van der Waals surface area contributed by atoms with Crippen molar-refractivity contribution in [1.82, 2.24) is 0 Å². The Hall–Kier alpha value is -1.62. The summed E-state index contributed by atoms with van der Waals surface area (Å²) >= 11 is 3.77. The van der Waals surface area contributed by atoms with Crippen LogP contribution in [0, 0.1) is 5.92 Å². The number of fused-ring (bicyclic) bond motifs is 1. The van der Waals surface area contributed by atoms with Gasteiger partial charge in [0.25, 0.3) is 0 Å². The van der Waals surface area contributed by atoms with E-state index in [-0.39, 0.29) is 23.7 Å². The number of carbonyl (C=O) groups is 1. The Balaban J connectivity index is 2.86. The van der Waals surface area contributed by atoms with Crippen molar-refractivity contribution >= 4 is 33.0 Å². The van der Waals surface area contributed by atoms with Crippen molar-refractivity contribution in [3.63, 3.8) is 0 Å². The monoisotopic (exact) mass is 466 g/mol. The van der Waals surface area contributed by atoms with E-state index in [2.05, 4.69) is 49.7 Å². The molecule has 1 aromatic rings. The Morgan fingerprint density at radius 3 is 2.41 bits per heavy atom. The van der Waals surface area contributed by atoms with E-state index in [1.165, 1.54) is 5.57 Å². The lowest BCUT2D eigenvalue weighted by atomic mass is 9.70. The Morgan fingerprint density at radius 2 is 1.90 bits per heavy atom. The predicted molar refractivity (Wildman–Crippen MR) is 121 cm³/mol. The predicted octanol–water partition coefficient (Wildman–Crippen LogP) is 7.22. The Labute approximate surface area is 182 Å². The van der Waals surface area contributed by atoms with Crippen LogP contribution in [0.4, 0.5) is 4.39 Å². The highest BCUT2D eigenvalue weighted by molar-refractivity contribution is 9.10. The number of hydrogen-bond acceptors (Lipinski definition) is 3. The number of rotatable bonds is 6. The Kier molecular flexibility index (Phi) is 7.37. The molecule has 160 valence electrons. The lowest BCUT2D eigenvalue weighted by molar-refractivity contribution is -0.140. The fourth-order valence-corrected chi connectivity index (χ4v) is 4.80. The smallest absolute Gasteiger partial charge is 0.367 e. The molecule has 29 heavy (non-hydrogen) atoms. The Bertz CT molecular complexity index is 863. The normalized spacial score (nSPS) is 16.3. The maximum absolute atomic E-state index is 14.9. The summed E-state index contributed by atoms with van der Waals surface area (Å²) in [5.74, 6) is -0.957. The molecular weight excluding hydrogens is 435 g/mol. The van der Waals surface area contributed by atoms with E-state index in [4.69, 9.17) is 9.47 Å². The maximum Gasteiger partial charge on any atom is 0.367 e. The van der Waals surface area contributed by atoms with Crippen LogP contribution in [0.15, 0.2) is 22.4 Å². The first kappa shape index (κ1) is 23.7. The standard InChI is InChI=1S/C24H32BrFO3/c1-9-28-23(27)21(26)15(6)17-12-18-16(13(2)3)10-11-24(7,8)19(18)20(25)22(17)29-14(4)5/h10,12-14H,9,11H2,1-8H3. The zero-order chi connectivity index (χ0) is 22.1. The van der Waals surface area contributed by atoms with Crippen molar-refractivity contribution in [3.8, 4) is 5.75 Å². The van der Waals surface area contributed by atoms with Crippen LogP contribution in [0.25, 0.3) is 11.1 Å². The highest BCUT2D eigenvalue weighted by atomic mass is 79.9. The molecule has 0 aliphatic heterocycles. The van der Waals surface area contributed by atoms with Gasteiger partial charge >= 0.3 is 5.97 Å². The molecule has 0 heterocycles. The van der Waals surface area contributed by atoms with Crippen LogP contribution >= 0.6 is 15.9 Å². The van der Waals surface area contributed by atoms with Gasteiger partial charge in [-0.05, 0) is 84.1 Å². The first-order chi connectivity index (χ1) is 13.4. The maximum atomic E-state index is 14.9. The summed E-state index contributed by atoms with van der Waals surface area (Å²) in [5.41, 5.74) is 4.14. The number of halogens is 2. The molecule has 0 saturated carbocycles. The van der Waals surface area contributed by atoms with E-state index in [0.29, 0.717) is 17.2 Å². The van der Waals surface area contributed by atoms with Crippen molar-refractivity contribution in [2.45, 2.75) is 73.3 Å². The molecule has 1 aliphatic carbocycles. The average molecular weight is 467 g/mol. The fourth-order valence-electron chi connectivity index (χ4n) is 3.74. The van der Waals surface area contributed by atoms with Crippen molar-refractivity contribution < 1.29 is 18.7 Å². The third-order valence-corrected chi connectivity index (χ3v) is 5.96. The third kappa shape index (κ3) is 4.76. The van der Waals surface area contributed by atoms with Crippen LogP contribution in [0.1, 0.15) is 78.5 Å². The van der Waals surface area contributed by atoms with Crippen LogP contribution in [0.3, 0.4) is 0 Å². The molecule has 0 radical (unpaired) electrons. The van der Waals surface area contributed by atoms with Gasteiger partial charge in [0, 0.05) is 11.1 Å². The fraction of sp³-hybridized carbons (Fsp3) is 0.542. The molecule has 0 fully saturated rings. The van der Waals surface area contributed by atoms with Gasteiger partial charge < -0.3 is 9.47 Å². The van der Waals surface area contributed by atoms with Crippen molar-refractivity contribution in [3.05, 3.63) is 39.1 Å². The molecule has 0 spiro atoms. The molecule has 0 unspecified atom stereocenters. The summed E-state index contributed by atoms with van der Waals surface area (Å²) in [5, 5.41) is 0. The van der Waals surface area contributed by atoms with Crippen molar-refractivity contribution in [1.29, 1.82) is 0 Å². The molecular formula is C24H32BrFO3. The molecule has 0 bridgehead atoms. The zero-order valence-electron chi connectivity index (χ0n) is 18.7. The summed E-state index contributed by atoms with van der Waals surface area (Å²) in [7, 11) is 0. The molecule has 3 nitrogen and oxygen atoms in total. The second kappa shape index (κ2) is 9.03. The van der Waals surface area contributed by atoms with Crippen LogP contribution in [0.5, 0.6) is 5.75 Å². The quantitative estimate of drug-likeness (QED) is 0.327. The van der Waals surface area contributed by atoms with Crippen molar-refractivity contribution in [2.75, 3.05) is 6.61 Å². The topological polar surface area (TPSA) is 35.5 Å². The number of hydrogen-bond donors (Lipinski definition) is 0. The number of benzene rings is 1. The molecule has 0 aromatic heterocycles. The minimum absolute atomic E-state index is 0.0997. The first-order valence-corrected chi connectivity index (χ1v) is 11.0. The second-order valence-corrected chi connectivity index (χ2v) is 9.51. The van der Waals surface area contributed by atoms with Crippen molar-refractivity contribution in [2.24, 2.45) is 5.92 Å². The van der Waals surface area contributed by atoms with Crippen LogP contribution in [0.2, 0.25) is 0 Å². The van der Waals surface area contributed by atoms with E-state index >= 15 is 0 Å². The summed E-state index contributed by atoms with van der Waals surface area (Å²) in [6.07, 6.45) is 3.08. The average Bonchev–Trinajstić information content (AvgIpc) is 2.61. The highest BCUT2D eigenvalue weighted by Gasteiger charge is 2.34. The SMILES string of the molecule is CCOC(=O)C(F)=C(C)c1cc2c(c(Br)c1OC(C)C)C(C)(C)CC=C2C(C)C. The minimum Gasteiger partial charge on any atom is -0.489 e. The third-order valence-electron chi connectivity index (χ3n) is 5.20.